The summed E-state index contributed by atoms with van der Waals surface area (Å²) in [5.41, 5.74) is 1.37. The van der Waals surface area contributed by atoms with E-state index in [1.165, 1.54) is 0 Å². The standard InChI is InChI=1S/C13H17BrN4OS/c1-3-5-6-17-12(19)10(16-13(17)20)7-11-9(14)8-15-18(11)4-2/h7-8H,3-6H2,1-2H3,(H,16,20)/b10-7+. The van der Waals surface area contributed by atoms with Crippen molar-refractivity contribution in [2.45, 2.75) is 33.2 Å². The number of rotatable bonds is 5. The van der Waals surface area contributed by atoms with Crippen LogP contribution in [0, 0.1) is 0 Å². The SMILES string of the molecule is CCCCN1C(=O)/C(=C\c2c(Br)cnn2CC)NC1=S. The summed E-state index contributed by atoms with van der Waals surface area (Å²) in [4.78, 5) is 13.9. The molecule has 0 spiro atoms. The molecule has 0 radical (unpaired) electrons. The van der Waals surface area contributed by atoms with Crippen molar-refractivity contribution in [3.05, 3.63) is 22.1 Å². The number of aromatic nitrogens is 2. The highest BCUT2D eigenvalue weighted by Gasteiger charge is 2.30. The molecule has 5 nitrogen and oxygen atoms in total. The topological polar surface area (TPSA) is 50.2 Å². The normalized spacial score (nSPS) is 17.1. The molecule has 0 saturated carbocycles. The first-order valence-corrected chi connectivity index (χ1v) is 7.84. The van der Waals surface area contributed by atoms with Crippen LogP contribution in [0.3, 0.4) is 0 Å². The zero-order valence-corrected chi connectivity index (χ0v) is 13.9. The maximum atomic E-state index is 12.3. The second-order valence-electron chi connectivity index (χ2n) is 4.49. The third kappa shape index (κ3) is 2.93. The Hall–Kier alpha value is -1.21. The van der Waals surface area contributed by atoms with E-state index in [1.807, 2.05) is 11.6 Å². The van der Waals surface area contributed by atoms with Crippen molar-refractivity contribution in [2.24, 2.45) is 0 Å². The number of hydrogen-bond acceptors (Lipinski definition) is 3. The Bertz CT molecular complexity index is 567. The summed E-state index contributed by atoms with van der Waals surface area (Å²) in [6.45, 7) is 5.49. The summed E-state index contributed by atoms with van der Waals surface area (Å²) in [5, 5.41) is 7.70. The molecule has 1 aliphatic rings. The fourth-order valence-electron chi connectivity index (χ4n) is 2.00. The van der Waals surface area contributed by atoms with Crippen LogP contribution in [0.15, 0.2) is 16.4 Å². The molecule has 2 heterocycles. The Morgan fingerprint density at radius 2 is 2.25 bits per heavy atom. The van der Waals surface area contributed by atoms with Gasteiger partial charge in [0.1, 0.15) is 5.70 Å². The third-order valence-corrected chi connectivity index (χ3v) is 4.04. The summed E-state index contributed by atoms with van der Waals surface area (Å²) in [5.74, 6) is -0.0702. The number of unbranched alkanes of at least 4 members (excludes halogenated alkanes) is 1. The van der Waals surface area contributed by atoms with Gasteiger partial charge in [-0.15, -0.1) is 0 Å². The first-order chi connectivity index (χ1) is 9.58. The van der Waals surface area contributed by atoms with E-state index < -0.39 is 0 Å². The second-order valence-corrected chi connectivity index (χ2v) is 5.73. The van der Waals surface area contributed by atoms with E-state index in [2.05, 4.69) is 33.3 Å². The number of carbonyl (C=O) groups is 1. The van der Waals surface area contributed by atoms with Gasteiger partial charge >= 0.3 is 0 Å². The Labute approximate surface area is 132 Å². The van der Waals surface area contributed by atoms with Gasteiger partial charge in [-0.05, 0) is 47.6 Å². The van der Waals surface area contributed by atoms with E-state index in [0.717, 1.165) is 29.6 Å². The van der Waals surface area contributed by atoms with Gasteiger partial charge in [0.05, 0.1) is 16.4 Å². The number of thiocarbonyl (C=S) groups is 1. The Morgan fingerprint density at radius 1 is 1.50 bits per heavy atom. The molecule has 20 heavy (non-hydrogen) atoms. The largest absolute Gasteiger partial charge is 0.328 e. The molecule has 108 valence electrons. The fourth-order valence-corrected chi connectivity index (χ4v) is 2.69. The first kappa shape index (κ1) is 15.2. The van der Waals surface area contributed by atoms with Gasteiger partial charge in [-0.25, -0.2) is 0 Å². The lowest BCUT2D eigenvalue weighted by Crippen LogP contribution is -2.31. The molecule has 1 N–H and O–H groups in total. The predicted molar refractivity (Wildman–Crippen MR) is 85.9 cm³/mol. The molecular formula is C13H17BrN4OS. The Kier molecular flexibility index (Phi) is 4.93. The molecule has 1 aromatic rings. The highest BCUT2D eigenvalue weighted by Crippen LogP contribution is 2.21. The van der Waals surface area contributed by atoms with Crippen molar-refractivity contribution < 1.29 is 4.79 Å². The molecule has 2 rings (SSSR count). The Morgan fingerprint density at radius 3 is 2.90 bits per heavy atom. The van der Waals surface area contributed by atoms with Crippen LogP contribution >= 0.6 is 28.1 Å². The van der Waals surface area contributed by atoms with Crippen LogP contribution in [0.4, 0.5) is 0 Å². The summed E-state index contributed by atoms with van der Waals surface area (Å²) in [6, 6.07) is 0. The number of nitrogens with zero attached hydrogens (tertiary/aromatic N) is 3. The zero-order chi connectivity index (χ0) is 14.7. The first-order valence-electron chi connectivity index (χ1n) is 6.64. The minimum Gasteiger partial charge on any atom is -0.328 e. The quantitative estimate of drug-likeness (QED) is 0.650. The summed E-state index contributed by atoms with van der Waals surface area (Å²) >= 11 is 8.66. The molecule has 0 bridgehead atoms. The van der Waals surface area contributed by atoms with Crippen molar-refractivity contribution in [1.29, 1.82) is 0 Å². The smallest absolute Gasteiger partial charge is 0.276 e. The third-order valence-electron chi connectivity index (χ3n) is 3.11. The molecule has 1 aliphatic heterocycles. The zero-order valence-electron chi connectivity index (χ0n) is 11.5. The van der Waals surface area contributed by atoms with E-state index >= 15 is 0 Å². The average molecular weight is 357 g/mol. The molecule has 1 aromatic heterocycles. The number of carbonyl (C=O) groups excluding carboxylic acids is 1. The predicted octanol–water partition coefficient (Wildman–Crippen LogP) is 2.52. The molecule has 0 unspecified atom stereocenters. The molecule has 0 atom stereocenters. The summed E-state index contributed by atoms with van der Waals surface area (Å²) in [6.07, 6.45) is 5.49. The van der Waals surface area contributed by atoms with Gasteiger partial charge in [-0.1, -0.05) is 13.3 Å². The van der Waals surface area contributed by atoms with Crippen LogP contribution in [0.1, 0.15) is 32.4 Å². The number of hydrogen-bond donors (Lipinski definition) is 1. The second kappa shape index (κ2) is 6.49. The van der Waals surface area contributed by atoms with E-state index in [0.29, 0.717) is 17.4 Å². The van der Waals surface area contributed by atoms with Gasteiger partial charge in [0, 0.05) is 13.1 Å². The van der Waals surface area contributed by atoms with Gasteiger partial charge in [0.25, 0.3) is 5.91 Å². The van der Waals surface area contributed by atoms with E-state index in [-0.39, 0.29) is 5.91 Å². The van der Waals surface area contributed by atoms with E-state index in [1.54, 1.807) is 17.2 Å². The molecular weight excluding hydrogens is 340 g/mol. The van der Waals surface area contributed by atoms with Gasteiger partial charge in [-0.3, -0.25) is 14.4 Å². The van der Waals surface area contributed by atoms with Crippen molar-refractivity contribution in [3.63, 3.8) is 0 Å². The van der Waals surface area contributed by atoms with Crippen LogP contribution in [0.25, 0.3) is 6.08 Å². The van der Waals surface area contributed by atoms with E-state index in [4.69, 9.17) is 12.2 Å². The summed E-state index contributed by atoms with van der Waals surface area (Å²) in [7, 11) is 0. The highest BCUT2D eigenvalue weighted by atomic mass is 79.9. The minimum atomic E-state index is -0.0702. The molecule has 7 heteroatoms. The van der Waals surface area contributed by atoms with Gasteiger partial charge in [0.2, 0.25) is 0 Å². The molecule has 1 fully saturated rings. The molecule has 1 amide bonds. The molecule has 0 aromatic carbocycles. The van der Waals surface area contributed by atoms with Gasteiger partial charge < -0.3 is 5.32 Å². The van der Waals surface area contributed by atoms with Gasteiger partial charge in [-0.2, -0.15) is 5.10 Å². The maximum Gasteiger partial charge on any atom is 0.276 e. The van der Waals surface area contributed by atoms with Crippen LogP contribution in [0.5, 0.6) is 0 Å². The fraction of sp³-hybridized carbons (Fsp3) is 0.462. The lowest BCUT2D eigenvalue weighted by Gasteiger charge is -2.12. The van der Waals surface area contributed by atoms with Gasteiger partial charge in [0.15, 0.2) is 5.11 Å². The number of halogens is 1. The van der Waals surface area contributed by atoms with Crippen LogP contribution < -0.4 is 5.32 Å². The lowest BCUT2D eigenvalue weighted by atomic mass is 10.3. The maximum absolute atomic E-state index is 12.3. The van der Waals surface area contributed by atoms with Crippen molar-refractivity contribution in [2.75, 3.05) is 6.54 Å². The van der Waals surface area contributed by atoms with Crippen molar-refractivity contribution in [3.8, 4) is 0 Å². The minimum absolute atomic E-state index is 0.0702. The molecule has 1 saturated heterocycles. The highest BCUT2D eigenvalue weighted by molar-refractivity contribution is 9.10. The van der Waals surface area contributed by atoms with Crippen molar-refractivity contribution in [1.82, 2.24) is 20.0 Å². The number of amides is 1. The van der Waals surface area contributed by atoms with E-state index in [9.17, 15) is 4.79 Å². The Balaban J connectivity index is 2.25. The molecule has 0 aliphatic carbocycles. The number of aryl methyl sites for hydroxylation is 1. The van der Waals surface area contributed by atoms with Crippen LogP contribution in [0.2, 0.25) is 0 Å². The van der Waals surface area contributed by atoms with Crippen molar-refractivity contribution >= 4 is 45.2 Å². The summed E-state index contributed by atoms with van der Waals surface area (Å²) < 4.78 is 2.68. The average Bonchev–Trinajstić information content (AvgIpc) is 2.91. The lowest BCUT2D eigenvalue weighted by molar-refractivity contribution is -0.122. The number of nitrogens with one attached hydrogen (secondary N) is 1. The van der Waals surface area contributed by atoms with Crippen LogP contribution in [-0.4, -0.2) is 32.2 Å². The monoisotopic (exact) mass is 356 g/mol. The van der Waals surface area contributed by atoms with Crippen LogP contribution in [-0.2, 0) is 11.3 Å².